The van der Waals surface area contributed by atoms with E-state index in [1.165, 1.54) is 0 Å². The Kier molecular flexibility index (Phi) is 6.09. The van der Waals surface area contributed by atoms with Crippen molar-refractivity contribution in [1.29, 1.82) is 0 Å². The second kappa shape index (κ2) is 8.26. The van der Waals surface area contributed by atoms with Gasteiger partial charge < -0.3 is 0 Å². The molecule has 2 aromatic carbocycles. The molecular weight excluding hydrogens is 328 g/mol. The van der Waals surface area contributed by atoms with Crippen molar-refractivity contribution in [3.63, 3.8) is 0 Å². The highest BCUT2D eigenvalue weighted by Gasteiger charge is 2.11. The van der Waals surface area contributed by atoms with Gasteiger partial charge in [-0.2, -0.15) is 0 Å². The van der Waals surface area contributed by atoms with Crippen LogP contribution in [-0.4, -0.2) is 17.6 Å². The zero-order chi connectivity index (χ0) is 17.5. The van der Waals surface area contributed by atoms with Gasteiger partial charge in [0.15, 0.2) is 5.78 Å². The molecule has 0 bridgehead atoms. The minimum Gasteiger partial charge on any atom is -0.294 e. The number of carbonyl (C=O) groups excluding carboxylic acids is 3. The molecule has 24 heavy (non-hydrogen) atoms. The zero-order valence-electron chi connectivity index (χ0n) is 13.1. The topological polar surface area (TPSA) is 75.3 Å². The first-order valence-electron chi connectivity index (χ1n) is 7.40. The maximum Gasteiger partial charge on any atom is 0.269 e. The van der Waals surface area contributed by atoms with Gasteiger partial charge in [-0.05, 0) is 31.2 Å². The maximum absolute atomic E-state index is 12.0. The average molecular weight is 345 g/mol. The number of hydrazine groups is 1. The zero-order valence-corrected chi connectivity index (χ0v) is 13.9. The number of rotatable bonds is 5. The quantitative estimate of drug-likeness (QED) is 0.646. The first kappa shape index (κ1) is 17.7. The van der Waals surface area contributed by atoms with Crippen LogP contribution in [0.2, 0.25) is 5.02 Å². The van der Waals surface area contributed by atoms with Gasteiger partial charge in [-0.3, -0.25) is 25.2 Å². The van der Waals surface area contributed by atoms with Crippen LogP contribution in [0.5, 0.6) is 0 Å². The predicted molar refractivity (Wildman–Crippen MR) is 91.8 cm³/mol. The Morgan fingerprint density at radius 1 is 0.833 bits per heavy atom. The first-order valence-corrected chi connectivity index (χ1v) is 7.78. The molecule has 0 heterocycles. The second-order valence-electron chi connectivity index (χ2n) is 5.30. The van der Waals surface area contributed by atoms with E-state index < -0.39 is 11.8 Å². The number of carbonyl (C=O) groups is 3. The van der Waals surface area contributed by atoms with Crippen molar-refractivity contribution in [1.82, 2.24) is 10.9 Å². The number of hydrogen-bond acceptors (Lipinski definition) is 3. The van der Waals surface area contributed by atoms with Gasteiger partial charge in [0.05, 0.1) is 0 Å². The van der Waals surface area contributed by atoms with Crippen LogP contribution in [-0.2, 0) is 4.79 Å². The van der Waals surface area contributed by atoms with E-state index in [2.05, 4.69) is 10.9 Å². The van der Waals surface area contributed by atoms with Gasteiger partial charge in [-0.25, -0.2) is 0 Å². The van der Waals surface area contributed by atoms with Crippen molar-refractivity contribution in [2.24, 2.45) is 0 Å². The van der Waals surface area contributed by atoms with E-state index in [0.717, 1.165) is 5.56 Å². The Morgan fingerprint density at radius 3 is 2.04 bits per heavy atom. The van der Waals surface area contributed by atoms with Gasteiger partial charge in [-0.1, -0.05) is 41.4 Å². The van der Waals surface area contributed by atoms with Crippen LogP contribution in [0, 0.1) is 6.92 Å². The minimum absolute atomic E-state index is 0.00634. The molecule has 0 radical (unpaired) electrons. The highest BCUT2D eigenvalue weighted by Crippen LogP contribution is 2.09. The molecule has 0 saturated carbocycles. The molecule has 2 amide bonds. The number of hydrogen-bond donors (Lipinski definition) is 2. The minimum atomic E-state index is -0.454. The van der Waals surface area contributed by atoms with Gasteiger partial charge in [0.2, 0.25) is 5.91 Å². The number of Topliss-reactive ketones (excluding diaryl/α,β-unsaturated/α-hetero) is 1. The summed E-state index contributed by atoms with van der Waals surface area (Å²) in [4.78, 5) is 35.5. The standard InChI is InChI=1S/C18H17ClN2O3/c1-12-2-4-13(5-3-12)16(22)10-11-17(23)20-21-18(24)14-6-8-15(19)9-7-14/h2-9H,10-11H2,1H3,(H,20,23)(H,21,24). The molecule has 0 aliphatic carbocycles. The molecular formula is C18H17ClN2O3. The molecule has 124 valence electrons. The van der Waals surface area contributed by atoms with Crippen molar-refractivity contribution in [3.05, 3.63) is 70.2 Å². The highest BCUT2D eigenvalue weighted by molar-refractivity contribution is 6.30. The van der Waals surface area contributed by atoms with E-state index in [0.29, 0.717) is 16.1 Å². The van der Waals surface area contributed by atoms with Crippen LogP contribution in [0.4, 0.5) is 0 Å². The fourth-order valence-electron chi connectivity index (χ4n) is 1.97. The smallest absolute Gasteiger partial charge is 0.269 e. The Balaban J connectivity index is 1.77. The van der Waals surface area contributed by atoms with Crippen molar-refractivity contribution < 1.29 is 14.4 Å². The Bertz CT molecular complexity index is 676. The fourth-order valence-corrected chi connectivity index (χ4v) is 2.10. The molecule has 0 unspecified atom stereocenters. The molecule has 0 fully saturated rings. The summed E-state index contributed by atoms with van der Waals surface area (Å²) in [5.41, 5.74) is 6.59. The van der Waals surface area contributed by atoms with Crippen LogP contribution in [0.25, 0.3) is 0 Å². The van der Waals surface area contributed by atoms with Gasteiger partial charge in [0, 0.05) is 29.0 Å². The number of aryl methyl sites for hydroxylation is 1. The molecule has 0 aliphatic rings. The highest BCUT2D eigenvalue weighted by atomic mass is 35.5. The lowest BCUT2D eigenvalue weighted by molar-refractivity contribution is -0.121. The largest absolute Gasteiger partial charge is 0.294 e. The lowest BCUT2D eigenvalue weighted by Gasteiger charge is -2.07. The average Bonchev–Trinajstić information content (AvgIpc) is 2.58. The molecule has 2 aromatic rings. The maximum atomic E-state index is 12.0. The van der Waals surface area contributed by atoms with E-state index in [1.807, 2.05) is 19.1 Å². The summed E-state index contributed by atoms with van der Waals surface area (Å²) >= 11 is 5.74. The molecule has 0 saturated heterocycles. The lowest BCUT2D eigenvalue weighted by Crippen LogP contribution is -2.41. The summed E-state index contributed by atoms with van der Waals surface area (Å²) in [6, 6.07) is 13.4. The van der Waals surface area contributed by atoms with Crippen molar-refractivity contribution in [2.45, 2.75) is 19.8 Å². The monoisotopic (exact) mass is 344 g/mol. The van der Waals surface area contributed by atoms with E-state index in [1.54, 1.807) is 36.4 Å². The summed E-state index contributed by atoms with van der Waals surface area (Å²) < 4.78 is 0. The third-order valence-corrected chi connectivity index (χ3v) is 3.63. The Labute approximate surface area is 145 Å². The predicted octanol–water partition coefficient (Wildman–Crippen LogP) is 3.07. The van der Waals surface area contributed by atoms with Crippen LogP contribution in [0.15, 0.2) is 48.5 Å². The number of benzene rings is 2. The molecule has 2 N–H and O–H groups in total. The number of ketones is 1. The fraction of sp³-hybridized carbons (Fsp3) is 0.167. The summed E-state index contributed by atoms with van der Waals surface area (Å²) in [6.07, 6.45) is 0.0688. The van der Waals surface area contributed by atoms with Crippen molar-refractivity contribution in [2.75, 3.05) is 0 Å². The molecule has 2 rings (SSSR count). The SMILES string of the molecule is Cc1ccc(C(=O)CCC(=O)NNC(=O)c2ccc(Cl)cc2)cc1. The molecule has 5 nitrogen and oxygen atoms in total. The molecule has 0 aliphatic heterocycles. The lowest BCUT2D eigenvalue weighted by atomic mass is 10.1. The normalized spacial score (nSPS) is 10.1. The summed E-state index contributed by atoms with van der Waals surface area (Å²) in [5.74, 6) is -1.00. The van der Waals surface area contributed by atoms with Gasteiger partial charge in [-0.15, -0.1) is 0 Å². The third-order valence-electron chi connectivity index (χ3n) is 3.37. The number of nitrogens with one attached hydrogen (secondary N) is 2. The first-order chi connectivity index (χ1) is 11.5. The van der Waals surface area contributed by atoms with Crippen LogP contribution in [0.1, 0.15) is 39.1 Å². The molecule has 0 aromatic heterocycles. The van der Waals surface area contributed by atoms with E-state index in [-0.39, 0.29) is 18.6 Å². The van der Waals surface area contributed by atoms with Gasteiger partial charge in [0.1, 0.15) is 0 Å². The number of amides is 2. The van der Waals surface area contributed by atoms with Crippen LogP contribution in [0.3, 0.4) is 0 Å². The van der Waals surface area contributed by atoms with Gasteiger partial charge in [0.25, 0.3) is 5.91 Å². The Morgan fingerprint density at radius 2 is 1.42 bits per heavy atom. The molecule has 0 spiro atoms. The summed E-state index contributed by atoms with van der Waals surface area (Å²) in [6.45, 7) is 1.94. The van der Waals surface area contributed by atoms with Crippen LogP contribution >= 0.6 is 11.6 Å². The van der Waals surface area contributed by atoms with Gasteiger partial charge >= 0.3 is 0 Å². The second-order valence-corrected chi connectivity index (χ2v) is 5.73. The molecule has 6 heteroatoms. The van der Waals surface area contributed by atoms with E-state index in [4.69, 9.17) is 11.6 Å². The van der Waals surface area contributed by atoms with E-state index in [9.17, 15) is 14.4 Å². The number of halogens is 1. The van der Waals surface area contributed by atoms with Crippen LogP contribution < -0.4 is 10.9 Å². The third kappa shape index (κ3) is 5.21. The summed E-state index contributed by atoms with van der Waals surface area (Å²) in [5, 5.41) is 0.519. The molecule has 0 atom stereocenters. The summed E-state index contributed by atoms with van der Waals surface area (Å²) in [7, 11) is 0. The van der Waals surface area contributed by atoms with Crippen molar-refractivity contribution in [3.8, 4) is 0 Å². The van der Waals surface area contributed by atoms with E-state index >= 15 is 0 Å². The van der Waals surface area contributed by atoms with Crippen molar-refractivity contribution >= 4 is 29.2 Å². The Hall–Kier alpha value is -2.66.